The minimum Gasteiger partial charge on any atom is -0.478 e. The van der Waals surface area contributed by atoms with E-state index in [0.29, 0.717) is 11.5 Å². The number of carboxylic acid groups (broad SMARTS) is 1. The number of hydrogen-bond donors (Lipinski definition) is 1. The maximum atomic E-state index is 11.5. The SMILES string of the molecule is CC(=O)c1cccc(CN2CCC(Cc3ccc(C(=O)O)cc3)C2)c1. The van der Waals surface area contributed by atoms with E-state index in [2.05, 4.69) is 11.0 Å². The lowest BCUT2D eigenvalue weighted by Gasteiger charge is -2.16. The summed E-state index contributed by atoms with van der Waals surface area (Å²) in [5.74, 6) is -0.191. The molecule has 0 bridgehead atoms. The van der Waals surface area contributed by atoms with Crippen LogP contribution in [0.3, 0.4) is 0 Å². The van der Waals surface area contributed by atoms with Crippen LogP contribution in [-0.2, 0) is 13.0 Å². The lowest BCUT2D eigenvalue weighted by atomic mass is 9.98. The summed E-state index contributed by atoms with van der Waals surface area (Å²) in [7, 11) is 0. The molecule has 1 N–H and O–H groups in total. The highest BCUT2D eigenvalue weighted by Gasteiger charge is 2.22. The van der Waals surface area contributed by atoms with Crippen LogP contribution in [0.5, 0.6) is 0 Å². The Morgan fingerprint density at radius 1 is 1.08 bits per heavy atom. The summed E-state index contributed by atoms with van der Waals surface area (Å²) in [6.45, 7) is 4.56. The smallest absolute Gasteiger partial charge is 0.335 e. The van der Waals surface area contributed by atoms with E-state index in [1.807, 2.05) is 30.3 Å². The molecular formula is C21H23NO3. The first kappa shape index (κ1) is 17.4. The molecule has 130 valence electrons. The first-order valence-corrected chi connectivity index (χ1v) is 8.66. The van der Waals surface area contributed by atoms with Crippen molar-refractivity contribution in [1.82, 2.24) is 4.90 Å². The van der Waals surface area contributed by atoms with Gasteiger partial charge in [-0.15, -0.1) is 0 Å². The van der Waals surface area contributed by atoms with E-state index in [1.54, 1.807) is 19.1 Å². The largest absolute Gasteiger partial charge is 0.478 e. The molecule has 1 aliphatic heterocycles. The van der Waals surface area contributed by atoms with E-state index >= 15 is 0 Å². The van der Waals surface area contributed by atoms with Gasteiger partial charge in [-0.3, -0.25) is 9.69 Å². The summed E-state index contributed by atoms with van der Waals surface area (Å²) in [5, 5.41) is 8.96. The zero-order valence-corrected chi connectivity index (χ0v) is 14.4. The zero-order chi connectivity index (χ0) is 17.8. The van der Waals surface area contributed by atoms with Crippen molar-refractivity contribution < 1.29 is 14.7 Å². The molecule has 1 atom stereocenters. The van der Waals surface area contributed by atoms with Crippen LogP contribution in [-0.4, -0.2) is 34.8 Å². The maximum absolute atomic E-state index is 11.5. The average Bonchev–Trinajstić information content (AvgIpc) is 3.02. The van der Waals surface area contributed by atoms with Gasteiger partial charge in [0.15, 0.2) is 5.78 Å². The normalized spacial score (nSPS) is 17.6. The van der Waals surface area contributed by atoms with Crippen LogP contribution < -0.4 is 0 Å². The van der Waals surface area contributed by atoms with E-state index in [1.165, 1.54) is 11.1 Å². The van der Waals surface area contributed by atoms with Crippen LogP contribution in [0.1, 0.15) is 45.2 Å². The second-order valence-electron chi connectivity index (χ2n) is 6.85. The lowest BCUT2D eigenvalue weighted by molar-refractivity contribution is 0.0696. The van der Waals surface area contributed by atoms with Gasteiger partial charge in [-0.25, -0.2) is 4.79 Å². The van der Waals surface area contributed by atoms with Gasteiger partial charge in [0, 0.05) is 18.7 Å². The first-order valence-electron chi connectivity index (χ1n) is 8.66. The number of Topliss-reactive ketones (excluding diaryl/α,β-unsaturated/α-hetero) is 1. The molecule has 0 aromatic heterocycles. The third-order valence-electron chi connectivity index (χ3n) is 4.83. The van der Waals surface area contributed by atoms with Gasteiger partial charge < -0.3 is 5.11 Å². The monoisotopic (exact) mass is 337 g/mol. The molecule has 2 aromatic rings. The van der Waals surface area contributed by atoms with Crippen LogP contribution in [0, 0.1) is 5.92 Å². The molecule has 1 unspecified atom stereocenters. The van der Waals surface area contributed by atoms with Gasteiger partial charge in [-0.05, 0) is 61.6 Å². The summed E-state index contributed by atoms with van der Waals surface area (Å²) >= 11 is 0. The number of ketones is 1. The van der Waals surface area contributed by atoms with Crippen molar-refractivity contribution in [3.05, 3.63) is 70.8 Å². The predicted octanol–water partition coefficient (Wildman–Crippen LogP) is 3.65. The number of nitrogens with zero attached hydrogens (tertiary/aromatic N) is 1. The number of rotatable bonds is 6. The predicted molar refractivity (Wildman–Crippen MR) is 96.9 cm³/mol. The quantitative estimate of drug-likeness (QED) is 0.818. The fourth-order valence-electron chi connectivity index (χ4n) is 3.49. The van der Waals surface area contributed by atoms with E-state index in [9.17, 15) is 9.59 Å². The van der Waals surface area contributed by atoms with Crippen LogP contribution in [0.15, 0.2) is 48.5 Å². The van der Waals surface area contributed by atoms with Gasteiger partial charge in [-0.2, -0.15) is 0 Å². The molecule has 1 saturated heterocycles. The minimum absolute atomic E-state index is 0.103. The number of likely N-dealkylation sites (tertiary alicyclic amines) is 1. The summed E-state index contributed by atoms with van der Waals surface area (Å²) in [6, 6.07) is 15.1. The van der Waals surface area contributed by atoms with Crippen molar-refractivity contribution in [2.45, 2.75) is 26.3 Å². The van der Waals surface area contributed by atoms with Crippen molar-refractivity contribution in [3.63, 3.8) is 0 Å². The summed E-state index contributed by atoms with van der Waals surface area (Å²) < 4.78 is 0. The fourth-order valence-corrected chi connectivity index (χ4v) is 3.49. The number of carboxylic acids is 1. The molecule has 1 fully saturated rings. The Labute approximate surface area is 148 Å². The number of hydrogen-bond acceptors (Lipinski definition) is 3. The summed E-state index contributed by atoms with van der Waals surface area (Å²) in [5.41, 5.74) is 3.48. The Balaban J connectivity index is 1.55. The van der Waals surface area contributed by atoms with Crippen LogP contribution in [0.25, 0.3) is 0 Å². The Bertz CT molecular complexity index is 767. The molecule has 0 radical (unpaired) electrons. The van der Waals surface area contributed by atoms with Gasteiger partial charge >= 0.3 is 5.97 Å². The summed E-state index contributed by atoms with van der Waals surface area (Å²) in [6.07, 6.45) is 2.12. The van der Waals surface area contributed by atoms with Gasteiger partial charge in [0.05, 0.1) is 5.56 Å². The zero-order valence-electron chi connectivity index (χ0n) is 14.4. The Morgan fingerprint density at radius 3 is 2.52 bits per heavy atom. The lowest BCUT2D eigenvalue weighted by Crippen LogP contribution is -2.20. The highest BCUT2D eigenvalue weighted by Crippen LogP contribution is 2.23. The fraction of sp³-hybridized carbons (Fsp3) is 0.333. The average molecular weight is 337 g/mol. The maximum Gasteiger partial charge on any atom is 0.335 e. The van der Waals surface area contributed by atoms with Crippen molar-refractivity contribution in [2.75, 3.05) is 13.1 Å². The first-order chi connectivity index (χ1) is 12.0. The van der Waals surface area contributed by atoms with Crippen LogP contribution >= 0.6 is 0 Å². The molecular weight excluding hydrogens is 314 g/mol. The summed E-state index contributed by atoms with van der Waals surface area (Å²) in [4.78, 5) is 24.8. The molecule has 0 spiro atoms. The van der Waals surface area contributed by atoms with Crippen molar-refractivity contribution in [2.24, 2.45) is 5.92 Å². The second-order valence-corrected chi connectivity index (χ2v) is 6.85. The molecule has 0 aliphatic carbocycles. The molecule has 4 nitrogen and oxygen atoms in total. The van der Waals surface area contributed by atoms with Crippen molar-refractivity contribution in [1.29, 1.82) is 0 Å². The second kappa shape index (κ2) is 7.62. The van der Waals surface area contributed by atoms with E-state index < -0.39 is 5.97 Å². The van der Waals surface area contributed by atoms with E-state index in [0.717, 1.165) is 38.0 Å². The number of benzene rings is 2. The van der Waals surface area contributed by atoms with Crippen molar-refractivity contribution >= 4 is 11.8 Å². The minimum atomic E-state index is -0.883. The number of carbonyl (C=O) groups is 2. The third-order valence-corrected chi connectivity index (χ3v) is 4.83. The molecule has 0 amide bonds. The Kier molecular flexibility index (Phi) is 5.29. The number of carbonyl (C=O) groups excluding carboxylic acids is 1. The van der Waals surface area contributed by atoms with E-state index in [-0.39, 0.29) is 5.78 Å². The molecule has 4 heteroatoms. The Morgan fingerprint density at radius 2 is 1.84 bits per heavy atom. The topological polar surface area (TPSA) is 57.6 Å². The Hall–Kier alpha value is -2.46. The third kappa shape index (κ3) is 4.54. The van der Waals surface area contributed by atoms with Crippen molar-refractivity contribution in [3.8, 4) is 0 Å². The molecule has 1 heterocycles. The molecule has 0 saturated carbocycles. The van der Waals surface area contributed by atoms with E-state index in [4.69, 9.17) is 5.11 Å². The standard InChI is InChI=1S/C21H23NO3/c1-15(23)20-4-2-3-17(12-20)13-22-10-9-18(14-22)11-16-5-7-19(8-6-16)21(24)25/h2-8,12,18H,9-11,13-14H2,1H3,(H,24,25). The molecule has 3 rings (SSSR count). The number of aromatic carboxylic acids is 1. The van der Waals surface area contributed by atoms with Gasteiger partial charge in [0.1, 0.15) is 0 Å². The highest BCUT2D eigenvalue weighted by molar-refractivity contribution is 5.94. The van der Waals surface area contributed by atoms with Crippen LogP contribution in [0.4, 0.5) is 0 Å². The molecule has 25 heavy (non-hydrogen) atoms. The van der Waals surface area contributed by atoms with Gasteiger partial charge in [-0.1, -0.05) is 30.3 Å². The highest BCUT2D eigenvalue weighted by atomic mass is 16.4. The molecule has 2 aromatic carbocycles. The van der Waals surface area contributed by atoms with Crippen LogP contribution in [0.2, 0.25) is 0 Å². The van der Waals surface area contributed by atoms with Gasteiger partial charge in [0.25, 0.3) is 0 Å². The van der Waals surface area contributed by atoms with Gasteiger partial charge in [0.2, 0.25) is 0 Å². The molecule has 1 aliphatic rings.